The second kappa shape index (κ2) is 46.7. The lowest BCUT2D eigenvalue weighted by molar-refractivity contribution is -0.270. The highest BCUT2D eigenvalue weighted by Gasteiger charge is 2.45. The number of hydrogen-bond acceptors (Lipinski definition) is 20. The minimum atomic E-state index is -1.42. The molecule has 77 heavy (non-hydrogen) atoms. The zero-order valence-corrected chi connectivity index (χ0v) is 45.6. The lowest BCUT2D eigenvalue weighted by Crippen LogP contribution is -2.64. The lowest BCUT2D eigenvalue weighted by Gasteiger charge is -2.42. The number of hydrogen-bond donors (Lipinski definition) is 14. The van der Waals surface area contributed by atoms with E-state index in [0.29, 0.717) is 77.8 Å². The number of nitrogens with one attached hydrogen (secondary N) is 8. The van der Waals surface area contributed by atoms with Crippen LogP contribution in [0.2, 0.25) is 0 Å². The Bertz CT molecular complexity index is 1610. The molecule has 16 N–H and O–H groups in total. The number of amides is 7. The molecule has 1 rings (SSSR count). The summed E-state index contributed by atoms with van der Waals surface area (Å²) in [6.07, 6.45) is 6.58. The quantitative estimate of drug-likeness (QED) is 0.0167. The van der Waals surface area contributed by atoms with Gasteiger partial charge in [0.1, 0.15) is 36.5 Å². The van der Waals surface area contributed by atoms with E-state index in [4.69, 9.17) is 40.4 Å². The van der Waals surface area contributed by atoms with Crippen molar-refractivity contribution in [2.24, 2.45) is 11.6 Å². The Balaban J connectivity index is 2.71. The minimum Gasteiger partial charge on any atom is -0.394 e. The normalized spacial score (nSPS) is 17.9. The van der Waals surface area contributed by atoms with E-state index in [9.17, 15) is 48.9 Å². The summed E-state index contributed by atoms with van der Waals surface area (Å²) in [6.45, 7) is 3.17. The molecule has 0 bridgehead atoms. The van der Waals surface area contributed by atoms with Gasteiger partial charge in [-0.25, -0.2) is 5.90 Å². The summed E-state index contributed by atoms with van der Waals surface area (Å²) in [5.41, 5.74) is 4.29. The summed E-state index contributed by atoms with van der Waals surface area (Å²) in [5, 5.41) is 61.3. The number of nitrogens with two attached hydrogens (primary N) is 2. The minimum absolute atomic E-state index is 0.0158. The van der Waals surface area contributed by atoms with Crippen molar-refractivity contribution in [2.45, 2.75) is 165 Å². The molecule has 1 fully saturated rings. The number of carbonyl (C=O) groups excluding carboxylic acids is 7. The molecule has 4 unspecified atom stereocenters. The first-order valence-corrected chi connectivity index (χ1v) is 27.4. The summed E-state index contributed by atoms with van der Waals surface area (Å²) in [7, 11) is 0. The fourth-order valence-electron chi connectivity index (χ4n) is 7.84. The van der Waals surface area contributed by atoms with Gasteiger partial charge in [0.25, 0.3) is 0 Å². The highest BCUT2D eigenvalue weighted by Crippen LogP contribution is 2.23. The summed E-state index contributed by atoms with van der Waals surface area (Å²) >= 11 is 0. The molecule has 0 spiro atoms. The van der Waals surface area contributed by atoms with Crippen molar-refractivity contribution in [3.63, 3.8) is 0 Å². The topological polar surface area (TPSA) is 404 Å². The SMILES string of the molecule is CC(=O)NC1C(O)[C@@H](O)C(CO)O[C@H]1OCCCCC(=O)NCCCNC(=O)CCOCC(COCCC(=O)NCCCN)(COCCC(=O)NCCCNCO)NC(=O)CCCCCCCCCCCNC(=O)CON. The van der Waals surface area contributed by atoms with Gasteiger partial charge in [-0.15, -0.1) is 0 Å². The second-order valence-corrected chi connectivity index (χ2v) is 19.0. The Kier molecular flexibility index (Phi) is 42.9. The molecule has 0 aromatic rings. The maximum atomic E-state index is 13.6. The van der Waals surface area contributed by atoms with Crippen LogP contribution in [0.3, 0.4) is 0 Å². The zero-order chi connectivity index (χ0) is 56.8. The van der Waals surface area contributed by atoms with Crippen LogP contribution in [0, 0.1) is 0 Å². The van der Waals surface area contributed by atoms with Crippen LogP contribution in [0.25, 0.3) is 0 Å². The molecule has 0 aromatic carbocycles. The third-order valence-electron chi connectivity index (χ3n) is 12.1. The number of rotatable bonds is 50. The van der Waals surface area contributed by atoms with Crippen LogP contribution < -0.4 is 54.2 Å². The van der Waals surface area contributed by atoms with Crippen molar-refractivity contribution in [1.29, 1.82) is 0 Å². The van der Waals surface area contributed by atoms with Gasteiger partial charge in [-0.3, -0.25) is 43.7 Å². The predicted octanol–water partition coefficient (Wildman–Crippen LogP) is -2.77. The summed E-state index contributed by atoms with van der Waals surface area (Å²) in [5.74, 6) is 2.99. The lowest BCUT2D eigenvalue weighted by atomic mass is 9.97. The molecule has 1 aliphatic rings. The van der Waals surface area contributed by atoms with Gasteiger partial charge < -0.3 is 87.1 Å². The molecule has 1 heterocycles. The van der Waals surface area contributed by atoms with E-state index in [0.717, 1.165) is 51.4 Å². The van der Waals surface area contributed by atoms with Crippen LogP contribution in [-0.4, -0.2) is 210 Å². The Hall–Kier alpha value is -4.23. The Morgan fingerprint density at radius 3 is 1.49 bits per heavy atom. The summed E-state index contributed by atoms with van der Waals surface area (Å²) in [6, 6.07) is -1.05. The van der Waals surface area contributed by atoms with Crippen LogP contribution in [-0.2, 0) is 62.1 Å². The van der Waals surface area contributed by atoms with E-state index >= 15 is 0 Å². The molecule has 27 heteroatoms. The van der Waals surface area contributed by atoms with Gasteiger partial charge in [0.15, 0.2) is 6.29 Å². The van der Waals surface area contributed by atoms with Crippen molar-refractivity contribution in [3.05, 3.63) is 0 Å². The highest BCUT2D eigenvalue weighted by atomic mass is 16.7. The molecule has 1 aliphatic heterocycles. The average molecular weight is 1110 g/mol. The van der Waals surface area contributed by atoms with Gasteiger partial charge in [-0.05, 0) is 58.0 Å². The number of unbranched alkanes of at least 4 members (excludes halogenated alkanes) is 9. The van der Waals surface area contributed by atoms with Gasteiger partial charge in [0, 0.05) is 78.4 Å². The van der Waals surface area contributed by atoms with E-state index in [1.54, 1.807) is 0 Å². The van der Waals surface area contributed by atoms with Gasteiger partial charge in [0.2, 0.25) is 41.4 Å². The van der Waals surface area contributed by atoms with Crippen molar-refractivity contribution in [1.82, 2.24) is 42.5 Å². The van der Waals surface area contributed by atoms with E-state index < -0.39 is 48.7 Å². The fourth-order valence-corrected chi connectivity index (χ4v) is 7.84. The first kappa shape index (κ1) is 70.8. The van der Waals surface area contributed by atoms with Crippen LogP contribution in [0.4, 0.5) is 0 Å². The van der Waals surface area contributed by atoms with Crippen LogP contribution in [0.5, 0.6) is 0 Å². The molecule has 27 nitrogen and oxygen atoms in total. The highest BCUT2D eigenvalue weighted by molar-refractivity contribution is 5.78. The number of aliphatic hydroxyl groups is 4. The predicted molar refractivity (Wildman–Crippen MR) is 282 cm³/mol. The van der Waals surface area contributed by atoms with Gasteiger partial charge in [-0.2, -0.15) is 0 Å². The van der Waals surface area contributed by atoms with Crippen molar-refractivity contribution in [2.75, 3.05) is 112 Å². The number of ether oxygens (including phenoxy) is 5. The van der Waals surface area contributed by atoms with Gasteiger partial charge in [-0.1, -0.05) is 44.9 Å². The summed E-state index contributed by atoms with van der Waals surface area (Å²) < 4.78 is 29.2. The maximum Gasteiger partial charge on any atom is 0.248 e. The standard InChI is InChI=1S/C50H96N10O17/c1-38(63)59-46-48(71)47(70)39(32-61)77-49(46)75-28-12-10-16-40(64)55-26-15-27-57-43(67)20-31-74-36-50(34-72-29-18-41(65)54-24-13-21-51,35-73-30-19-42(66)56-25-14-22-53-37-62)60-44(68)17-9-7-5-3-2-4-6-8-11-23-58-45(69)33-76-52/h39,46-49,53,61-62,70-71H,2-37,51-52H2,1H3,(H,54,65)(H,55,64)(H,56,66)(H,57,67)(H,58,69)(H,59,63)(H,60,68)/t39?,46?,47-,48?,49+,50?/m0/s1. The van der Waals surface area contributed by atoms with Crippen LogP contribution in [0.15, 0.2) is 0 Å². The van der Waals surface area contributed by atoms with E-state index in [-0.39, 0.29) is 134 Å². The van der Waals surface area contributed by atoms with Crippen LogP contribution >= 0.6 is 0 Å². The third kappa shape index (κ3) is 37.3. The molecule has 0 aliphatic carbocycles. The largest absolute Gasteiger partial charge is 0.394 e. The molecular formula is C50H96N10O17. The first-order valence-electron chi connectivity index (χ1n) is 27.4. The van der Waals surface area contributed by atoms with Gasteiger partial charge >= 0.3 is 0 Å². The van der Waals surface area contributed by atoms with Crippen molar-refractivity contribution < 1.29 is 82.5 Å². The molecule has 0 radical (unpaired) electrons. The monoisotopic (exact) mass is 1110 g/mol. The Labute approximate surface area is 454 Å². The summed E-state index contributed by atoms with van der Waals surface area (Å²) in [4.78, 5) is 91.1. The van der Waals surface area contributed by atoms with E-state index in [1.165, 1.54) is 6.92 Å². The molecule has 0 aromatic heterocycles. The Morgan fingerprint density at radius 2 is 0.987 bits per heavy atom. The van der Waals surface area contributed by atoms with E-state index in [2.05, 4.69) is 47.4 Å². The maximum absolute atomic E-state index is 13.6. The molecule has 7 amide bonds. The fraction of sp³-hybridized carbons (Fsp3) is 0.860. The Morgan fingerprint density at radius 1 is 0.532 bits per heavy atom. The number of carbonyl (C=O) groups is 7. The first-order chi connectivity index (χ1) is 37.2. The third-order valence-corrected chi connectivity index (χ3v) is 12.1. The molecular weight excluding hydrogens is 1010 g/mol. The average Bonchev–Trinajstić information content (AvgIpc) is 3.39. The smallest absolute Gasteiger partial charge is 0.248 e. The molecule has 6 atom stereocenters. The van der Waals surface area contributed by atoms with Crippen LogP contribution in [0.1, 0.15) is 129 Å². The second-order valence-electron chi connectivity index (χ2n) is 19.0. The molecule has 448 valence electrons. The molecule has 1 saturated heterocycles. The van der Waals surface area contributed by atoms with Crippen molar-refractivity contribution in [3.8, 4) is 0 Å². The van der Waals surface area contributed by atoms with E-state index in [1.807, 2.05) is 0 Å². The molecule has 0 saturated carbocycles. The van der Waals surface area contributed by atoms with Crippen molar-refractivity contribution >= 4 is 41.4 Å². The van der Waals surface area contributed by atoms with Gasteiger partial charge in [0.05, 0.1) is 53.0 Å². The zero-order valence-electron chi connectivity index (χ0n) is 45.6. The number of aliphatic hydroxyl groups excluding tert-OH is 4.